The van der Waals surface area contributed by atoms with Crippen LogP contribution in [-0.4, -0.2) is 16.9 Å². The molecular weight excluding hydrogens is 252 g/mol. The Bertz CT molecular complexity index is 647. The molecule has 1 aromatic carbocycles. The van der Waals surface area contributed by atoms with Gasteiger partial charge in [0, 0.05) is 17.8 Å². The van der Waals surface area contributed by atoms with Gasteiger partial charge in [-0.25, -0.2) is 0 Å². The molecule has 20 heavy (non-hydrogen) atoms. The first-order valence-electron chi connectivity index (χ1n) is 6.71. The fraction of sp³-hybridized carbons (Fsp3) is 0.250. The number of hydrogen-bond donors (Lipinski definition) is 2. The lowest BCUT2D eigenvalue weighted by molar-refractivity contribution is 0.0939. The maximum absolute atomic E-state index is 12.1. The maximum atomic E-state index is 12.1. The summed E-state index contributed by atoms with van der Waals surface area (Å²) < 4.78 is 0. The van der Waals surface area contributed by atoms with Gasteiger partial charge in [-0.1, -0.05) is 37.3 Å². The van der Waals surface area contributed by atoms with E-state index < -0.39 is 0 Å². The van der Waals surface area contributed by atoms with E-state index in [2.05, 4.69) is 10.3 Å². The third kappa shape index (κ3) is 3.15. The van der Waals surface area contributed by atoms with E-state index in [4.69, 9.17) is 0 Å². The number of nitrogens with one attached hydrogen (secondary N) is 2. The molecule has 104 valence electrons. The van der Waals surface area contributed by atoms with Crippen molar-refractivity contribution in [1.82, 2.24) is 10.3 Å². The summed E-state index contributed by atoms with van der Waals surface area (Å²) >= 11 is 0. The average Bonchev–Trinajstić information content (AvgIpc) is 2.48. The van der Waals surface area contributed by atoms with Crippen LogP contribution in [0.4, 0.5) is 0 Å². The highest BCUT2D eigenvalue weighted by Crippen LogP contribution is 2.15. The van der Waals surface area contributed by atoms with Gasteiger partial charge < -0.3 is 10.3 Å². The second kappa shape index (κ2) is 6.19. The zero-order valence-electron chi connectivity index (χ0n) is 11.6. The Morgan fingerprint density at radius 1 is 1.30 bits per heavy atom. The summed E-state index contributed by atoms with van der Waals surface area (Å²) in [5.41, 5.74) is 1.56. The predicted molar refractivity (Wildman–Crippen MR) is 79.7 cm³/mol. The van der Waals surface area contributed by atoms with E-state index in [9.17, 15) is 9.59 Å². The summed E-state index contributed by atoms with van der Waals surface area (Å²) in [4.78, 5) is 26.6. The molecule has 2 N–H and O–H groups in total. The number of pyridine rings is 1. The van der Waals surface area contributed by atoms with Gasteiger partial charge in [0.1, 0.15) is 0 Å². The fourth-order valence-corrected chi connectivity index (χ4v) is 1.86. The van der Waals surface area contributed by atoms with Gasteiger partial charge in [0.25, 0.3) is 11.5 Å². The van der Waals surface area contributed by atoms with Crippen molar-refractivity contribution in [2.24, 2.45) is 0 Å². The van der Waals surface area contributed by atoms with Gasteiger partial charge in [-0.05, 0) is 25.0 Å². The van der Waals surface area contributed by atoms with Crippen molar-refractivity contribution in [3.05, 3.63) is 58.5 Å². The topological polar surface area (TPSA) is 62.0 Å². The minimum absolute atomic E-state index is 0.106. The lowest BCUT2D eigenvalue weighted by Crippen LogP contribution is -2.32. The van der Waals surface area contributed by atoms with Crippen LogP contribution >= 0.6 is 0 Å². The van der Waals surface area contributed by atoms with E-state index in [1.807, 2.05) is 44.2 Å². The monoisotopic (exact) mass is 270 g/mol. The number of rotatable bonds is 4. The van der Waals surface area contributed by atoms with Crippen LogP contribution in [0.25, 0.3) is 11.1 Å². The van der Waals surface area contributed by atoms with Crippen molar-refractivity contribution in [1.29, 1.82) is 0 Å². The molecule has 1 heterocycles. The zero-order chi connectivity index (χ0) is 14.5. The molecule has 0 spiro atoms. The van der Waals surface area contributed by atoms with Gasteiger partial charge in [-0.2, -0.15) is 0 Å². The van der Waals surface area contributed by atoms with Crippen LogP contribution in [0.2, 0.25) is 0 Å². The molecule has 2 rings (SSSR count). The van der Waals surface area contributed by atoms with E-state index in [-0.39, 0.29) is 17.5 Å². The molecule has 1 amide bonds. The van der Waals surface area contributed by atoms with Crippen molar-refractivity contribution in [2.75, 3.05) is 0 Å². The Balaban J connectivity index is 2.34. The first-order valence-corrected chi connectivity index (χ1v) is 6.71. The summed E-state index contributed by atoms with van der Waals surface area (Å²) in [5, 5.41) is 2.88. The molecule has 0 saturated heterocycles. The summed E-state index contributed by atoms with van der Waals surface area (Å²) in [5.74, 6) is -0.173. The van der Waals surface area contributed by atoms with Crippen LogP contribution in [0.15, 0.2) is 47.4 Å². The number of aromatic nitrogens is 1. The van der Waals surface area contributed by atoms with Crippen molar-refractivity contribution < 1.29 is 4.79 Å². The van der Waals surface area contributed by atoms with Crippen molar-refractivity contribution in [3.63, 3.8) is 0 Å². The number of aromatic amines is 1. The second-order valence-electron chi connectivity index (χ2n) is 4.78. The standard InChI is InChI=1S/C16H18N2O2/c1-3-11(2)18-15(19)13-9-14(16(20)17-10-13)12-7-5-4-6-8-12/h4-11H,3H2,1-2H3,(H,17,20)(H,18,19). The molecule has 1 unspecified atom stereocenters. The number of amides is 1. The normalized spacial score (nSPS) is 11.9. The molecule has 4 nitrogen and oxygen atoms in total. The highest BCUT2D eigenvalue weighted by Gasteiger charge is 2.11. The third-order valence-electron chi connectivity index (χ3n) is 3.24. The lowest BCUT2D eigenvalue weighted by Gasteiger charge is -2.11. The van der Waals surface area contributed by atoms with Crippen molar-refractivity contribution in [2.45, 2.75) is 26.3 Å². The minimum Gasteiger partial charge on any atom is -0.350 e. The first kappa shape index (κ1) is 14.1. The molecule has 0 aliphatic rings. The molecule has 0 aliphatic carbocycles. The predicted octanol–water partition coefficient (Wildman–Crippen LogP) is 2.57. The minimum atomic E-state index is -0.198. The molecule has 0 aliphatic heterocycles. The summed E-state index contributed by atoms with van der Waals surface area (Å²) in [6.45, 7) is 3.95. The van der Waals surface area contributed by atoms with Crippen LogP contribution in [0.1, 0.15) is 30.6 Å². The maximum Gasteiger partial charge on any atom is 0.255 e. The van der Waals surface area contributed by atoms with Gasteiger partial charge in [0.2, 0.25) is 0 Å². The van der Waals surface area contributed by atoms with Gasteiger partial charge in [0.05, 0.1) is 5.56 Å². The number of hydrogen-bond acceptors (Lipinski definition) is 2. The van der Waals surface area contributed by atoms with E-state index in [1.165, 1.54) is 6.20 Å². The number of H-pyrrole nitrogens is 1. The third-order valence-corrected chi connectivity index (χ3v) is 3.24. The van der Waals surface area contributed by atoms with Gasteiger partial charge in [-0.3, -0.25) is 9.59 Å². The van der Waals surface area contributed by atoms with Crippen LogP contribution in [-0.2, 0) is 0 Å². The van der Waals surface area contributed by atoms with E-state index in [0.717, 1.165) is 12.0 Å². The lowest BCUT2D eigenvalue weighted by atomic mass is 10.1. The van der Waals surface area contributed by atoms with E-state index in [1.54, 1.807) is 6.07 Å². The zero-order valence-corrected chi connectivity index (χ0v) is 11.6. The summed E-state index contributed by atoms with van der Waals surface area (Å²) in [7, 11) is 0. The smallest absolute Gasteiger partial charge is 0.255 e. The Kier molecular flexibility index (Phi) is 4.35. The summed E-state index contributed by atoms with van der Waals surface area (Å²) in [6, 6.07) is 11.0. The SMILES string of the molecule is CCC(C)NC(=O)c1c[nH]c(=O)c(-c2ccccc2)c1. The molecule has 0 fully saturated rings. The van der Waals surface area contributed by atoms with E-state index in [0.29, 0.717) is 11.1 Å². The fourth-order valence-electron chi connectivity index (χ4n) is 1.86. The number of benzene rings is 1. The molecule has 0 radical (unpaired) electrons. The van der Waals surface area contributed by atoms with Crippen LogP contribution in [0, 0.1) is 0 Å². The molecule has 1 atom stereocenters. The largest absolute Gasteiger partial charge is 0.350 e. The Hall–Kier alpha value is -2.36. The summed E-state index contributed by atoms with van der Waals surface area (Å²) in [6.07, 6.45) is 2.31. The van der Waals surface area contributed by atoms with Crippen LogP contribution < -0.4 is 10.9 Å². The Morgan fingerprint density at radius 3 is 2.65 bits per heavy atom. The van der Waals surface area contributed by atoms with Gasteiger partial charge in [0.15, 0.2) is 0 Å². The quantitative estimate of drug-likeness (QED) is 0.897. The highest BCUT2D eigenvalue weighted by molar-refractivity contribution is 5.95. The van der Waals surface area contributed by atoms with E-state index >= 15 is 0 Å². The number of carbonyl (C=O) groups excluding carboxylic acids is 1. The molecule has 0 saturated carbocycles. The average molecular weight is 270 g/mol. The van der Waals surface area contributed by atoms with Crippen molar-refractivity contribution in [3.8, 4) is 11.1 Å². The second-order valence-corrected chi connectivity index (χ2v) is 4.78. The van der Waals surface area contributed by atoms with Crippen LogP contribution in [0.3, 0.4) is 0 Å². The van der Waals surface area contributed by atoms with Gasteiger partial charge >= 0.3 is 0 Å². The molecular formula is C16H18N2O2. The Morgan fingerprint density at radius 2 is 2.00 bits per heavy atom. The van der Waals surface area contributed by atoms with Crippen LogP contribution in [0.5, 0.6) is 0 Å². The van der Waals surface area contributed by atoms with Gasteiger partial charge in [-0.15, -0.1) is 0 Å². The van der Waals surface area contributed by atoms with Crippen molar-refractivity contribution >= 4 is 5.91 Å². The highest BCUT2D eigenvalue weighted by atomic mass is 16.2. The molecule has 1 aromatic heterocycles. The molecule has 2 aromatic rings. The Labute approximate surface area is 117 Å². The number of carbonyl (C=O) groups is 1. The first-order chi connectivity index (χ1) is 9.61. The molecule has 4 heteroatoms. The molecule has 0 bridgehead atoms.